The Morgan fingerprint density at radius 1 is 1.15 bits per heavy atom. The van der Waals surface area contributed by atoms with Crippen molar-refractivity contribution >= 4 is 21.6 Å². The van der Waals surface area contributed by atoms with Gasteiger partial charge in [0.2, 0.25) is 10.0 Å². The summed E-state index contributed by atoms with van der Waals surface area (Å²) in [5, 5.41) is 10.3. The van der Waals surface area contributed by atoms with E-state index in [1.54, 1.807) is 12.3 Å². The molecule has 0 bridgehead atoms. The number of nitrogens with zero attached hydrogens (tertiary/aromatic N) is 3. The number of rotatable bonds is 6. The molecule has 0 radical (unpaired) electrons. The van der Waals surface area contributed by atoms with Crippen LogP contribution >= 0.6 is 11.6 Å². The van der Waals surface area contributed by atoms with E-state index in [9.17, 15) is 26.7 Å². The molecule has 2 aliphatic rings. The molecular weight excluding hydrogens is 491 g/mol. The molecule has 1 aliphatic heterocycles. The van der Waals surface area contributed by atoms with E-state index in [0.29, 0.717) is 25.2 Å². The first kappa shape index (κ1) is 25.4. The minimum atomic E-state index is -4.88. The van der Waals surface area contributed by atoms with Gasteiger partial charge in [0.05, 0.1) is 4.90 Å². The number of sulfonamides is 1. The lowest BCUT2D eigenvalue weighted by Crippen LogP contribution is -2.55. The van der Waals surface area contributed by atoms with Crippen LogP contribution in [0.3, 0.4) is 0 Å². The van der Waals surface area contributed by atoms with Crippen LogP contribution < -0.4 is 0 Å². The van der Waals surface area contributed by atoms with Gasteiger partial charge in [-0.25, -0.2) is 13.4 Å². The Morgan fingerprint density at radius 2 is 1.79 bits per heavy atom. The topological polar surface area (TPSA) is 73.7 Å². The summed E-state index contributed by atoms with van der Waals surface area (Å²) in [5.41, 5.74) is -2.33. The lowest BCUT2D eigenvalue weighted by Gasteiger charge is -2.40. The molecule has 4 rings (SSSR count). The second kappa shape index (κ2) is 8.74. The van der Waals surface area contributed by atoms with Crippen LogP contribution in [0.5, 0.6) is 0 Å². The van der Waals surface area contributed by atoms with Gasteiger partial charge in [-0.1, -0.05) is 29.8 Å². The Balaban J connectivity index is 1.44. The number of aromatic nitrogens is 1. The summed E-state index contributed by atoms with van der Waals surface area (Å²) in [6, 6.07) is 7.73. The highest BCUT2D eigenvalue weighted by molar-refractivity contribution is 7.89. The van der Waals surface area contributed by atoms with Gasteiger partial charge in [0.15, 0.2) is 5.60 Å². The normalized spacial score (nSPS) is 23.4. The van der Waals surface area contributed by atoms with Crippen molar-refractivity contribution in [2.75, 3.05) is 26.2 Å². The minimum Gasteiger partial charge on any atom is -0.376 e. The molecule has 0 spiro atoms. The van der Waals surface area contributed by atoms with Gasteiger partial charge < -0.3 is 5.11 Å². The maximum atomic E-state index is 13.2. The number of halogens is 4. The van der Waals surface area contributed by atoms with Crippen molar-refractivity contribution in [3.63, 3.8) is 0 Å². The second-order valence-electron chi connectivity index (χ2n) is 9.44. The maximum absolute atomic E-state index is 13.2. The first-order chi connectivity index (χ1) is 15.8. The van der Waals surface area contributed by atoms with Gasteiger partial charge >= 0.3 is 6.18 Å². The van der Waals surface area contributed by atoms with Gasteiger partial charge in [0.25, 0.3) is 0 Å². The number of aliphatic hydroxyl groups is 1. The predicted octanol–water partition coefficient (Wildman–Crippen LogP) is 3.93. The molecule has 6 nitrogen and oxygen atoms in total. The van der Waals surface area contributed by atoms with Gasteiger partial charge in [-0.2, -0.15) is 17.5 Å². The Morgan fingerprint density at radius 3 is 2.29 bits per heavy atom. The Labute approximate surface area is 202 Å². The van der Waals surface area contributed by atoms with E-state index in [-0.39, 0.29) is 22.9 Å². The molecule has 2 heterocycles. The van der Waals surface area contributed by atoms with Gasteiger partial charge in [0.1, 0.15) is 5.15 Å². The van der Waals surface area contributed by atoms with E-state index >= 15 is 0 Å². The molecular formula is C23H27ClF3N3O3S. The van der Waals surface area contributed by atoms with Crippen LogP contribution in [0.15, 0.2) is 47.5 Å². The smallest absolute Gasteiger partial charge is 0.376 e. The Bertz CT molecular complexity index is 1130. The SMILES string of the molecule is C[C@@H]1CN(CC2(c3ccc(Cl)nc3)CC2)CCN1S(=O)(=O)c1ccc(C(C)(O)C(F)(F)F)cc1. The third kappa shape index (κ3) is 4.70. The number of hydrogen-bond acceptors (Lipinski definition) is 5. The van der Waals surface area contributed by atoms with E-state index in [0.717, 1.165) is 49.2 Å². The zero-order valence-electron chi connectivity index (χ0n) is 18.9. The lowest BCUT2D eigenvalue weighted by molar-refractivity contribution is -0.258. The molecule has 2 atom stereocenters. The van der Waals surface area contributed by atoms with Crippen molar-refractivity contribution in [1.29, 1.82) is 0 Å². The second-order valence-corrected chi connectivity index (χ2v) is 11.7. The molecule has 2 fully saturated rings. The number of hydrogen-bond donors (Lipinski definition) is 1. The predicted molar refractivity (Wildman–Crippen MR) is 122 cm³/mol. The fraction of sp³-hybridized carbons (Fsp3) is 0.522. The summed E-state index contributed by atoms with van der Waals surface area (Å²) in [6.07, 6.45) is -0.993. The zero-order chi connectivity index (χ0) is 24.9. The standard InChI is InChI=1S/C23H27ClF3N3O3S/c1-16-14-29(15-22(9-10-22)18-5-8-20(24)28-13-18)11-12-30(16)34(32,33)19-6-3-17(4-7-19)21(2,31)23(25,26)27/h3-8,13,16,31H,9-12,14-15H2,1-2H3/t16-,21?/m1/s1. The van der Waals surface area contributed by atoms with Crippen LogP contribution in [0.1, 0.15) is 37.8 Å². The number of alkyl halides is 3. The van der Waals surface area contributed by atoms with Crippen LogP contribution in [-0.2, 0) is 21.0 Å². The van der Waals surface area contributed by atoms with Gasteiger partial charge in [-0.15, -0.1) is 0 Å². The van der Waals surface area contributed by atoms with Crippen LogP contribution in [0.2, 0.25) is 5.15 Å². The average Bonchev–Trinajstić information content (AvgIpc) is 3.54. The van der Waals surface area contributed by atoms with Crippen LogP contribution in [0.25, 0.3) is 0 Å². The highest BCUT2D eigenvalue weighted by Crippen LogP contribution is 2.49. The molecule has 1 saturated heterocycles. The van der Waals surface area contributed by atoms with Crippen molar-refractivity contribution in [2.24, 2.45) is 0 Å². The van der Waals surface area contributed by atoms with Crippen LogP contribution in [0.4, 0.5) is 13.2 Å². The lowest BCUT2D eigenvalue weighted by atomic mass is 9.96. The highest BCUT2D eigenvalue weighted by Gasteiger charge is 2.51. The van der Waals surface area contributed by atoms with E-state index in [4.69, 9.17) is 11.6 Å². The molecule has 1 aliphatic carbocycles. The van der Waals surface area contributed by atoms with E-state index in [2.05, 4.69) is 9.88 Å². The molecule has 1 saturated carbocycles. The van der Waals surface area contributed by atoms with E-state index < -0.39 is 27.4 Å². The molecule has 186 valence electrons. The molecule has 2 aromatic rings. The van der Waals surface area contributed by atoms with Crippen molar-refractivity contribution in [2.45, 2.75) is 54.8 Å². The number of piperazine rings is 1. The summed E-state index contributed by atoms with van der Waals surface area (Å²) >= 11 is 5.91. The molecule has 34 heavy (non-hydrogen) atoms. The molecule has 1 unspecified atom stereocenters. The molecule has 1 aromatic heterocycles. The summed E-state index contributed by atoms with van der Waals surface area (Å²) in [6.45, 7) is 4.65. The minimum absolute atomic E-state index is 0.0175. The quantitative estimate of drug-likeness (QED) is 0.588. The monoisotopic (exact) mass is 517 g/mol. The van der Waals surface area contributed by atoms with E-state index in [1.165, 1.54) is 4.31 Å². The Kier molecular flexibility index (Phi) is 6.52. The van der Waals surface area contributed by atoms with Crippen molar-refractivity contribution < 1.29 is 26.7 Å². The summed E-state index contributed by atoms with van der Waals surface area (Å²) in [7, 11) is -3.90. The first-order valence-electron chi connectivity index (χ1n) is 11.0. The maximum Gasteiger partial charge on any atom is 0.421 e. The van der Waals surface area contributed by atoms with Crippen molar-refractivity contribution in [1.82, 2.24) is 14.2 Å². The fourth-order valence-electron chi connectivity index (χ4n) is 4.57. The third-order valence-electron chi connectivity index (χ3n) is 6.95. The van der Waals surface area contributed by atoms with Gasteiger partial charge in [-0.05, 0) is 56.0 Å². The van der Waals surface area contributed by atoms with Gasteiger partial charge in [0, 0.05) is 43.8 Å². The Hall–Kier alpha value is -1.72. The van der Waals surface area contributed by atoms with Gasteiger partial charge in [-0.3, -0.25) is 4.90 Å². The number of benzene rings is 1. The number of pyridine rings is 1. The third-order valence-corrected chi connectivity index (χ3v) is 9.20. The van der Waals surface area contributed by atoms with Crippen LogP contribution in [-0.4, -0.2) is 66.1 Å². The molecule has 11 heteroatoms. The van der Waals surface area contributed by atoms with Crippen molar-refractivity contribution in [3.8, 4) is 0 Å². The summed E-state index contributed by atoms with van der Waals surface area (Å²) in [4.78, 5) is 6.34. The molecule has 1 aromatic carbocycles. The van der Waals surface area contributed by atoms with E-state index in [1.807, 2.05) is 13.0 Å². The zero-order valence-corrected chi connectivity index (χ0v) is 20.5. The van der Waals surface area contributed by atoms with Crippen molar-refractivity contribution in [3.05, 3.63) is 58.9 Å². The summed E-state index contributed by atoms with van der Waals surface area (Å²) < 4.78 is 67.1. The fourth-order valence-corrected chi connectivity index (χ4v) is 6.30. The summed E-state index contributed by atoms with van der Waals surface area (Å²) in [5.74, 6) is 0. The first-order valence-corrected chi connectivity index (χ1v) is 12.8. The van der Waals surface area contributed by atoms with Crippen LogP contribution in [0, 0.1) is 0 Å². The largest absolute Gasteiger partial charge is 0.421 e. The highest BCUT2D eigenvalue weighted by atomic mass is 35.5. The average molecular weight is 518 g/mol. The molecule has 0 amide bonds. The molecule has 1 N–H and O–H groups in total.